The smallest absolute Gasteiger partial charge is 0.227 e. The number of aromatic nitrogens is 2. The molecule has 2 aliphatic rings. The van der Waals surface area contributed by atoms with Gasteiger partial charge in [-0.1, -0.05) is 11.6 Å². The molecule has 0 aliphatic carbocycles. The molecule has 1 saturated heterocycles. The van der Waals surface area contributed by atoms with Crippen LogP contribution in [0.3, 0.4) is 0 Å². The number of carbonyl (C=O) groups excluding carboxylic acids is 1. The third-order valence-electron chi connectivity index (χ3n) is 6.14. The lowest BCUT2D eigenvalue weighted by Gasteiger charge is -2.29. The van der Waals surface area contributed by atoms with Crippen LogP contribution in [0.2, 0.25) is 5.02 Å². The van der Waals surface area contributed by atoms with Crippen LogP contribution in [0.4, 0.5) is 5.69 Å². The summed E-state index contributed by atoms with van der Waals surface area (Å²) < 4.78 is 22.4. The highest BCUT2D eigenvalue weighted by atomic mass is 35.5. The van der Waals surface area contributed by atoms with Gasteiger partial charge in [0.25, 0.3) is 0 Å². The van der Waals surface area contributed by atoms with E-state index in [-0.39, 0.29) is 24.5 Å². The fourth-order valence-electron chi connectivity index (χ4n) is 4.26. The number of anilines is 1. The zero-order chi connectivity index (χ0) is 24.2. The molecule has 0 bridgehead atoms. The van der Waals surface area contributed by atoms with Crippen molar-refractivity contribution in [2.24, 2.45) is 0 Å². The minimum absolute atomic E-state index is 0.151. The van der Waals surface area contributed by atoms with E-state index in [9.17, 15) is 4.79 Å². The number of hydrogen-bond donors (Lipinski definition) is 2. The predicted octanol–water partition coefficient (Wildman–Crippen LogP) is 3.73. The van der Waals surface area contributed by atoms with Gasteiger partial charge in [-0.05, 0) is 31.0 Å². The van der Waals surface area contributed by atoms with E-state index < -0.39 is 0 Å². The Morgan fingerprint density at radius 2 is 2.00 bits per heavy atom. The molecule has 10 heteroatoms. The second-order valence-electron chi connectivity index (χ2n) is 8.55. The molecule has 9 nitrogen and oxygen atoms in total. The number of nitrogens with zero attached hydrogens (tertiary/aromatic N) is 2. The van der Waals surface area contributed by atoms with Gasteiger partial charge in [0, 0.05) is 30.2 Å². The topological polar surface area (TPSA) is 104 Å². The van der Waals surface area contributed by atoms with Crippen molar-refractivity contribution in [3.63, 3.8) is 0 Å². The van der Waals surface area contributed by atoms with Crippen molar-refractivity contribution in [2.75, 3.05) is 32.2 Å². The highest BCUT2D eigenvalue weighted by molar-refractivity contribution is 6.35. The van der Waals surface area contributed by atoms with E-state index >= 15 is 0 Å². The molecule has 1 amide bonds. The number of benzene rings is 1. The van der Waals surface area contributed by atoms with Crippen molar-refractivity contribution in [3.05, 3.63) is 47.4 Å². The van der Waals surface area contributed by atoms with E-state index in [4.69, 9.17) is 30.5 Å². The van der Waals surface area contributed by atoms with E-state index in [0.29, 0.717) is 48.6 Å². The molecule has 2 N–H and O–H groups in total. The van der Waals surface area contributed by atoms with Crippen LogP contribution in [0.25, 0.3) is 10.9 Å². The van der Waals surface area contributed by atoms with Gasteiger partial charge in [0.05, 0.1) is 54.4 Å². The van der Waals surface area contributed by atoms with Gasteiger partial charge in [0.2, 0.25) is 5.91 Å². The van der Waals surface area contributed by atoms with E-state index in [2.05, 4.69) is 20.6 Å². The number of amides is 1. The predicted molar refractivity (Wildman–Crippen MR) is 131 cm³/mol. The molecular weight excluding hydrogens is 472 g/mol. The van der Waals surface area contributed by atoms with Gasteiger partial charge in [0.15, 0.2) is 11.5 Å². The van der Waals surface area contributed by atoms with Crippen LogP contribution in [0.1, 0.15) is 25.0 Å². The van der Waals surface area contributed by atoms with Crippen molar-refractivity contribution < 1.29 is 23.7 Å². The molecule has 0 radical (unpaired) electrons. The quantitative estimate of drug-likeness (QED) is 0.508. The molecule has 184 valence electrons. The molecule has 4 heterocycles. The van der Waals surface area contributed by atoms with Crippen molar-refractivity contribution in [1.82, 2.24) is 15.3 Å². The average Bonchev–Trinajstić information content (AvgIpc) is 2.89. The maximum absolute atomic E-state index is 12.8. The molecule has 2 atom stereocenters. The fraction of sp³-hybridized carbons (Fsp3) is 0.400. The van der Waals surface area contributed by atoms with Gasteiger partial charge < -0.3 is 29.6 Å². The second kappa shape index (κ2) is 10.6. The van der Waals surface area contributed by atoms with Crippen LogP contribution in [-0.4, -0.2) is 55.0 Å². The Kier molecular flexibility index (Phi) is 7.17. The molecule has 0 unspecified atom stereocenters. The molecule has 3 aromatic rings. The summed E-state index contributed by atoms with van der Waals surface area (Å²) >= 11 is 6.35. The Morgan fingerprint density at radius 3 is 2.80 bits per heavy atom. The second-order valence-corrected chi connectivity index (χ2v) is 8.95. The number of ether oxygens (including phenoxy) is 4. The molecule has 1 fully saturated rings. The maximum atomic E-state index is 12.8. The largest absolute Gasteiger partial charge is 0.497 e. The first-order valence-electron chi connectivity index (χ1n) is 11.6. The summed E-state index contributed by atoms with van der Waals surface area (Å²) in [5, 5.41) is 7.52. The lowest BCUT2D eigenvalue weighted by molar-refractivity contribution is -0.120. The Labute approximate surface area is 208 Å². The summed E-state index contributed by atoms with van der Waals surface area (Å²) in [6, 6.07) is 7.56. The van der Waals surface area contributed by atoms with Gasteiger partial charge in [0.1, 0.15) is 19.0 Å². The highest BCUT2D eigenvalue weighted by Crippen LogP contribution is 2.33. The molecule has 35 heavy (non-hydrogen) atoms. The van der Waals surface area contributed by atoms with E-state index in [1.807, 2.05) is 24.3 Å². The van der Waals surface area contributed by atoms with Crippen LogP contribution < -0.4 is 24.8 Å². The first-order chi connectivity index (χ1) is 17.1. The van der Waals surface area contributed by atoms with Crippen molar-refractivity contribution >= 4 is 34.1 Å². The van der Waals surface area contributed by atoms with E-state index in [0.717, 1.165) is 35.2 Å². The minimum Gasteiger partial charge on any atom is -0.497 e. The maximum Gasteiger partial charge on any atom is 0.227 e. The number of fused-ring (bicyclic) bond motifs is 2. The van der Waals surface area contributed by atoms with Gasteiger partial charge in [-0.3, -0.25) is 14.8 Å². The number of pyridine rings is 2. The van der Waals surface area contributed by atoms with Gasteiger partial charge in [-0.15, -0.1) is 0 Å². The van der Waals surface area contributed by atoms with Crippen LogP contribution in [0.5, 0.6) is 17.2 Å². The standard InChI is InChI=1S/C25H27ClN4O5/c1-32-17-4-5-21-19(9-17)25(20(26)12-29-21)30-24(31)10-18-3-2-15(14-35-18)27-11-16-8-22-23(13-28-16)34-7-6-33-22/h4-5,8-9,12-13,15,18,27H,2-3,6-7,10-11,14H2,1H3,(H,29,30,31)/t15-,18+/m1/s1. The van der Waals surface area contributed by atoms with Crippen LogP contribution in [0, 0.1) is 0 Å². The molecular formula is C25H27ClN4O5. The molecule has 2 aromatic heterocycles. The molecule has 0 spiro atoms. The third-order valence-corrected chi connectivity index (χ3v) is 6.42. The van der Waals surface area contributed by atoms with Gasteiger partial charge >= 0.3 is 0 Å². The number of hydrogen-bond acceptors (Lipinski definition) is 8. The highest BCUT2D eigenvalue weighted by Gasteiger charge is 2.24. The monoisotopic (exact) mass is 498 g/mol. The van der Waals surface area contributed by atoms with Crippen LogP contribution >= 0.6 is 11.6 Å². The first-order valence-corrected chi connectivity index (χ1v) is 12.0. The zero-order valence-corrected chi connectivity index (χ0v) is 20.1. The Balaban J connectivity index is 1.12. The molecule has 5 rings (SSSR count). The normalized spacial score (nSPS) is 19.4. The number of nitrogens with one attached hydrogen (secondary N) is 2. The summed E-state index contributed by atoms with van der Waals surface area (Å²) in [6.07, 6.45) is 5.01. The summed E-state index contributed by atoms with van der Waals surface area (Å²) in [4.78, 5) is 21.5. The Hall–Kier alpha value is -3.14. The zero-order valence-electron chi connectivity index (χ0n) is 19.4. The number of rotatable bonds is 7. The lowest BCUT2D eigenvalue weighted by Crippen LogP contribution is -2.40. The summed E-state index contributed by atoms with van der Waals surface area (Å²) in [7, 11) is 1.59. The minimum atomic E-state index is -0.154. The van der Waals surface area contributed by atoms with Gasteiger partial charge in [-0.25, -0.2) is 0 Å². The average molecular weight is 499 g/mol. The number of halogens is 1. The summed E-state index contributed by atoms with van der Waals surface area (Å²) in [5.74, 6) is 1.92. The lowest BCUT2D eigenvalue weighted by atomic mass is 10.0. The summed E-state index contributed by atoms with van der Waals surface area (Å²) in [6.45, 7) is 2.23. The fourth-order valence-corrected chi connectivity index (χ4v) is 4.46. The molecule has 0 saturated carbocycles. The Morgan fingerprint density at radius 1 is 1.14 bits per heavy atom. The number of carbonyl (C=O) groups is 1. The SMILES string of the molecule is COc1ccc2ncc(Cl)c(NC(=O)C[C@@H]3CC[C@@H](NCc4cc5c(cn4)OCCO5)CO3)c2c1. The van der Waals surface area contributed by atoms with Gasteiger partial charge in [-0.2, -0.15) is 0 Å². The molecule has 2 aliphatic heterocycles. The third kappa shape index (κ3) is 5.58. The van der Waals surface area contributed by atoms with Crippen LogP contribution in [0.15, 0.2) is 36.7 Å². The van der Waals surface area contributed by atoms with Crippen molar-refractivity contribution in [1.29, 1.82) is 0 Å². The van der Waals surface area contributed by atoms with E-state index in [1.54, 1.807) is 13.3 Å². The van der Waals surface area contributed by atoms with E-state index in [1.165, 1.54) is 6.20 Å². The number of methoxy groups -OCH3 is 1. The van der Waals surface area contributed by atoms with Crippen molar-refractivity contribution in [2.45, 2.75) is 38.0 Å². The Bertz CT molecular complexity index is 1220. The summed E-state index contributed by atoms with van der Waals surface area (Å²) in [5.41, 5.74) is 2.14. The van der Waals surface area contributed by atoms with Crippen molar-refractivity contribution in [3.8, 4) is 17.2 Å². The molecule has 1 aromatic carbocycles. The van der Waals surface area contributed by atoms with Crippen LogP contribution in [-0.2, 0) is 16.1 Å². The first kappa shape index (κ1) is 23.6.